The van der Waals surface area contributed by atoms with Crippen LogP contribution < -0.4 is 5.32 Å². The van der Waals surface area contributed by atoms with Gasteiger partial charge in [-0.05, 0) is 64.5 Å². The van der Waals surface area contributed by atoms with Crippen LogP contribution >= 0.6 is 0 Å². The summed E-state index contributed by atoms with van der Waals surface area (Å²) in [6.45, 7) is 3.37. The van der Waals surface area contributed by atoms with Gasteiger partial charge in [-0.15, -0.1) is 0 Å². The fraction of sp³-hybridized carbons (Fsp3) is 1.00. The molecule has 3 atom stereocenters. The summed E-state index contributed by atoms with van der Waals surface area (Å²) >= 11 is 0. The van der Waals surface area contributed by atoms with Gasteiger partial charge >= 0.3 is 0 Å². The van der Waals surface area contributed by atoms with E-state index in [1.165, 1.54) is 51.5 Å². The SMILES string of the molecule is CN(CCC1CC2CCC(C1)N2)CC1CCCO1. The molecule has 3 rings (SSSR count). The first-order chi connectivity index (χ1) is 8.79. The fourth-order valence-electron chi connectivity index (χ4n) is 4.04. The first-order valence-corrected chi connectivity index (χ1v) is 7.86. The van der Waals surface area contributed by atoms with Crippen molar-refractivity contribution < 1.29 is 4.74 Å². The number of ether oxygens (including phenoxy) is 1. The van der Waals surface area contributed by atoms with E-state index in [0.717, 1.165) is 31.2 Å². The normalized spacial score (nSPS) is 39.7. The molecule has 3 fully saturated rings. The third kappa shape index (κ3) is 3.25. The molecule has 3 unspecified atom stereocenters. The fourth-order valence-corrected chi connectivity index (χ4v) is 4.04. The molecule has 1 N–H and O–H groups in total. The van der Waals surface area contributed by atoms with Crippen LogP contribution in [0.5, 0.6) is 0 Å². The molecule has 0 amide bonds. The number of rotatable bonds is 5. The van der Waals surface area contributed by atoms with Gasteiger partial charge in [0.25, 0.3) is 0 Å². The second kappa shape index (κ2) is 5.89. The molecule has 18 heavy (non-hydrogen) atoms. The van der Waals surface area contributed by atoms with Gasteiger partial charge in [-0.1, -0.05) is 0 Å². The summed E-state index contributed by atoms with van der Waals surface area (Å²) in [4.78, 5) is 2.49. The Hall–Kier alpha value is -0.120. The van der Waals surface area contributed by atoms with Crippen molar-refractivity contribution in [1.82, 2.24) is 10.2 Å². The number of piperidine rings is 1. The summed E-state index contributed by atoms with van der Waals surface area (Å²) in [5.74, 6) is 0.968. The van der Waals surface area contributed by atoms with Gasteiger partial charge in [0, 0.05) is 25.2 Å². The lowest BCUT2D eigenvalue weighted by Crippen LogP contribution is -2.39. The number of nitrogens with one attached hydrogen (secondary N) is 1. The van der Waals surface area contributed by atoms with Crippen molar-refractivity contribution in [2.45, 2.75) is 63.1 Å². The molecule has 0 aromatic rings. The highest BCUT2D eigenvalue weighted by molar-refractivity contribution is 4.92. The van der Waals surface area contributed by atoms with E-state index in [1.54, 1.807) is 0 Å². The Labute approximate surface area is 111 Å². The number of hydrogen-bond acceptors (Lipinski definition) is 3. The van der Waals surface area contributed by atoms with E-state index in [2.05, 4.69) is 17.3 Å². The first kappa shape index (κ1) is 12.9. The lowest BCUT2D eigenvalue weighted by molar-refractivity contribution is 0.0786. The van der Waals surface area contributed by atoms with E-state index < -0.39 is 0 Å². The van der Waals surface area contributed by atoms with E-state index in [4.69, 9.17) is 4.74 Å². The van der Waals surface area contributed by atoms with Crippen LogP contribution in [0, 0.1) is 5.92 Å². The van der Waals surface area contributed by atoms with Crippen LogP contribution in [-0.4, -0.2) is 49.8 Å². The molecule has 3 saturated heterocycles. The van der Waals surface area contributed by atoms with E-state index >= 15 is 0 Å². The highest BCUT2D eigenvalue weighted by atomic mass is 16.5. The van der Waals surface area contributed by atoms with Crippen LogP contribution in [0.2, 0.25) is 0 Å². The zero-order valence-electron chi connectivity index (χ0n) is 11.7. The van der Waals surface area contributed by atoms with Gasteiger partial charge in [0.2, 0.25) is 0 Å². The highest BCUT2D eigenvalue weighted by Crippen LogP contribution is 2.32. The third-order valence-electron chi connectivity index (χ3n) is 5.03. The van der Waals surface area contributed by atoms with Crippen molar-refractivity contribution in [2.24, 2.45) is 5.92 Å². The molecule has 2 bridgehead atoms. The van der Waals surface area contributed by atoms with Crippen LogP contribution in [0.3, 0.4) is 0 Å². The summed E-state index contributed by atoms with van der Waals surface area (Å²) in [5, 5.41) is 3.73. The maximum absolute atomic E-state index is 5.71. The maximum Gasteiger partial charge on any atom is 0.0702 e. The van der Waals surface area contributed by atoms with Crippen LogP contribution in [0.1, 0.15) is 44.9 Å². The monoisotopic (exact) mass is 252 g/mol. The van der Waals surface area contributed by atoms with E-state index in [1.807, 2.05) is 0 Å². The number of hydrogen-bond donors (Lipinski definition) is 1. The molecule has 3 heterocycles. The molecule has 0 aromatic heterocycles. The predicted octanol–water partition coefficient (Wildman–Crippen LogP) is 2.02. The van der Waals surface area contributed by atoms with E-state index in [0.29, 0.717) is 6.10 Å². The van der Waals surface area contributed by atoms with Crippen molar-refractivity contribution in [3.63, 3.8) is 0 Å². The number of nitrogens with zero attached hydrogens (tertiary/aromatic N) is 1. The van der Waals surface area contributed by atoms with Crippen LogP contribution in [0.15, 0.2) is 0 Å². The molecule has 0 aliphatic carbocycles. The van der Waals surface area contributed by atoms with E-state index in [9.17, 15) is 0 Å². The smallest absolute Gasteiger partial charge is 0.0702 e. The minimum absolute atomic E-state index is 0.513. The molecular weight excluding hydrogens is 224 g/mol. The molecule has 104 valence electrons. The molecule has 3 aliphatic rings. The summed E-state index contributed by atoms with van der Waals surface area (Å²) in [7, 11) is 2.26. The molecule has 0 saturated carbocycles. The lowest BCUT2D eigenvalue weighted by Gasteiger charge is -2.30. The summed E-state index contributed by atoms with van der Waals surface area (Å²) in [5.41, 5.74) is 0. The Morgan fingerprint density at radius 1 is 1.17 bits per heavy atom. The quantitative estimate of drug-likeness (QED) is 0.810. The first-order valence-electron chi connectivity index (χ1n) is 7.86. The molecule has 0 radical (unpaired) electrons. The largest absolute Gasteiger partial charge is 0.377 e. The van der Waals surface area contributed by atoms with E-state index in [-0.39, 0.29) is 0 Å². The highest BCUT2D eigenvalue weighted by Gasteiger charge is 2.33. The molecule has 0 aromatic carbocycles. The third-order valence-corrected chi connectivity index (χ3v) is 5.03. The zero-order valence-corrected chi connectivity index (χ0v) is 11.7. The van der Waals surface area contributed by atoms with Gasteiger partial charge in [-0.2, -0.15) is 0 Å². The summed E-state index contributed by atoms with van der Waals surface area (Å²) in [6, 6.07) is 1.69. The minimum atomic E-state index is 0.513. The maximum atomic E-state index is 5.71. The Kier molecular flexibility index (Phi) is 4.22. The van der Waals surface area contributed by atoms with Crippen molar-refractivity contribution in [3.8, 4) is 0 Å². The zero-order chi connectivity index (χ0) is 12.4. The van der Waals surface area contributed by atoms with Crippen molar-refractivity contribution in [1.29, 1.82) is 0 Å². The Balaban J connectivity index is 1.35. The summed E-state index contributed by atoms with van der Waals surface area (Å²) < 4.78 is 5.71. The van der Waals surface area contributed by atoms with Gasteiger partial charge in [0.1, 0.15) is 0 Å². The molecule has 0 spiro atoms. The number of likely N-dealkylation sites (N-methyl/N-ethyl adjacent to an activating group) is 1. The molecular formula is C15H28N2O. The Bertz CT molecular complexity index is 253. The minimum Gasteiger partial charge on any atom is -0.377 e. The molecule has 3 aliphatic heterocycles. The van der Waals surface area contributed by atoms with Crippen molar-refractivity contribution in [3.05, 3.63) is 0 Å². The average Bonchev–Trinajstić information content (AvgIpc) is 2.97. The standard InChI is InChI=1S/C15H28N2O/c1-17(11-15-3-2-8-18-15)7-6-12-9-13-4-5-14(10-12)16-13/h12-16H,2-11H2,1H3. The Morgan fingerprint density at radius 3 is 2.61 bits per heavy atom. The van der Waals surface area contributed by atoms with Gasteiger partial charge in [-0.25, -0.2) is 0 Å². The van der Waals surface area contributed by atoms with Crippen LogP contribution in [0.25, 0.3) is 0 Å². The topological polar surface area (TPSA) is 24.5 Å². The van der Waals surface area contributed by atoms with Gasteiger partial charge in [0.05, 0.1) is 6.10 Å². The molecule has 3 heteroatoms. The summed E-state index contributed by atoms with van der Waals surface area (Å²) in [6.07, 6.45) is 10.1. The van der Waals surface area contributed by atoms with Crippen LogP contribution in [-0.2, 0) is 4.74 Å². The van der Waals surface area contributed by atoms with Crippen molar-refractivity contribution >= 4 is 0 Å². The van der Waals surface area contributed by atoms with Gasteiger partial charge < -0.3 is 15.0 Å². The van der Waals surface area contributed by atoms with Gasteiger partial charge in [-0.3, -0.25) is 0 Å². The Morgan fingerprint density at radius 2 is 1.94 bits per heavy atom. The van der Waals surface area contributed by atoms with Crippen LogP contribution in [0.4, 0.5) is 0 Å². The second-order valence-electron chi connectivity index (χ2n) is 6.66. The molecule has 3 nitrogen and oxygen atoms in total. The predicted molar refractivity (Wildman–Crippen MR) is 73.8 cm³/mol. The average molecular weight is 252 g/mol. The number of fused-ring (bicyclic) bond motifs is 2. The lowest BCUT2D eigenvalue weighted by atomic mass is 9.89. The second-order valence-corrected chi connectivity index (χ2v) is 6.66. The van der Waals surface area contributed by atoms with Crippen molar-refractivity contribution in [2.75, 3.05) is 26.7 Å². The van der Waals surface area contributed by atoms with Gasteiger partial charge in [0.15, 0.2) is 0 Å².